The number of benzene rings is 1. The molecule has 0 unspecified atom stereocenters. The van der Waals surface area contributed by atoms with Gasteiger partial charge in [-0.25, -0.2) is 4.79 Å². The topological polar surface area (TPSA) is 73.9 Å². The Morgan fingerprint density at radius 1 is 1.19 bits per heavy atom. The zero-order valence-corrected chi connectivity index (χ0v) is 16.0. The molecule has 1 N–H and O–H groups in total. The van der Waals surface area contributed by atoms with E-state index in [1.54, 1.807) is 18.2 Å². The Balaban J connectivity index is 1.86. The lowest BCUT2D eigenvalue weighted by Crippen LogP contribution is -2.37. The van der Waals surface area contributed by atoms with E-state index in [9.17, 15) is 9.59 Å². The summed E-state index contributed by atoms with van der Waals surface area (Å²) in [5, 5.41) is 2.85. The second-order valence-corrected chi connectivity index (χ2v) is 7.17. The Morgan fingerprint density at radius 3 is 2.54 bits per heavy atom. The molecule has 1 aliphatic carbocycles. The summed E-state index contributed by atoms with van der Waals surface area (Å²) in [6.45, 7) is 6.52. The number of ether oxygens (including phenoxy) is 3. The molecule has 1 saturated carbocycles. The highest BCUT2D eigenvalue weighted by Gasteiger charge is 2.29. The highest BCUT2D eigenvalue weighted by Crippen LogP contribution is 2.32. The first-order valence-electron chi connectivity index (χ1n) is 9.18. The van der Waals surface area contributed by atoms with Gasteiger partial charge in [0.1, 0.15) is 0 Å². The average molecular weight is 363 g/mol. The van der Waals surface area contributed by atoms with Gasteiger partial charge in [-0.3, -0.25) is 4.79 Å². The number of rotatable bonds is 10. The zero-order chi connectivity index (χ0) is 19.1. The van der Waals surface area contributed by atoms with Crippen molar-refractivity contribution >= 4 is 11.9 Å². The van der Waals surface area contributed by atoms with Crippen LogP contribution in [0.25, 0.3) is 0 Å². The van der Waals surface area contributed by atoms with Crippen molar-refractivity contribution in [3.63, 3.8) is 0 Å². The quantitative estimate of drug-likeness (QED) is 0.646. The summed E-state index contributed by atoms with van der Waals surface area (Å²) in [5.41, 5.74) is 0.320. The van der Waals surface area contributed by atoms with E-state index < -0.39 is 5.97 Å². The molecular formula is C20H29NO5. The molecule has 6 heteroatoms. The molecule has 0 bridgehead atoms. The molecule has 0 spiro atoms. The number of nitrogens with one attached hydrogen (secondary N) is 1. The molecule has 1 aliphatic rings. The van der Waals surface area contributed by atoms with Crippen molar-refractivity contribution in [2.24, 2.45) is 11.8 Å². The number of carbonyl (C=O) groups is 2. The van der Waals surface area contributed by atoms with Crippen LogP contribution in [0.3, 0.4) is 0 Å². The lowest BCUT2D eigenvalue weighted by molar-refractivity contribution is -0.124. The van der Waals surface area contributed by atoms with Gasteiger partial charge in [0.05, 0.1) is 19.3 Å². The van der Waals surface area contributed by atoms with Crippen LogP contribution in [-0.4, -0.2) is 38.2 Å². The number of hydrogen-bond acceptors (Lipinski definition) is 5. The number of amides is 1. The summed E-state index contributed by atoms with van der Waals surface area (Å²) in [6, 6.07) is 4.99. The van der Waals surface area contributed by atoms with Crippen molar-refractivity contribution in [3.05, 3.63) is 23.8 Å². The van der Waals surface area contributed by atoms with E-state index in [2.05, 4.69) is 19.2 Å². The van der Waals surface area contributed by atoms with Gasteiger partial charge in [0, 0.05) is 6.04 Å². The van der Waals surface area contributed by atoms with E-state index in [1.165, 1.54) is 7.11 Å². The fourth-order valence-electron chi connectivity index (χ4n) is 2.54. The number of methoxy groups -OCH3 is 1. The summed E-state index contributed by atoms with van der Waals surface area (Å²) in [7, 11) is 1.52. The van der Waals surface area contributed by atoms with Gasteiger partial charge in [-0.15, -0.1) is 0 Å². The summed E-state index contributed by atoms with van der Waals surface area (Å²) >= 11 is 0. The standard InChI is InChI=1S/C20H29NO5/c1-13(2)9-10-25-17-8-7-16(11-18(17)24-4)20(23)26-12-19(22)21-14(3)15-5-6-15/h7-8,11,13-15H,5-6,9-10,12H2,1-4H3,(H,21,22)/t14-/m1/s1. The van der Waals surface area contributed by atoms with Crippen LogP contribution in [0.2, 0.25) is 0 Å². The minimum Gasteiger partial charge on any atom is -0.493 e. The second kappa shape index (κ2) is 9.46. The molecule has 144 valence electrons. The van der Waals surface area contributed by atoms with Gasteiger partial charge in [-0.2, -0.15) is 0 Å². The highest BCUT2D eigenvalue weighted by molar-refractivity contribution is 5.92. The van der Waals surface area contributed by atoms with Crippen molar-refractivity contribution in [3.8, 4) is 11.5 Å². The SMILES string of the molecule is COc1cc(C(=O)OCC(=O)N[C@H](C)C2CC2)ccc1OCCC(C)C. The van der Waals surface area contributed by atoms with Gasteiger partial charge in [0.25, 0.3) is 5.91 Å². The Bertz CT molecular complexity index is 625. The molecule has 1 atom stereocenters. The monoisotopic (exact) mass is 363 g/mol. The Hall–Kier alpha value is -2.24. The van der Waals surface area contributed by atoms with Crippen molar-refractivity contribution in [1.29, 1.82) is 0 Å². The van der Waals surface area contributed by atoms with Crippen LogP contribution in [0.4, 0.5) is 0 Å². The molecule has 1 aromatic carbocycles. The predicted molar refractivity (Wildman–Crippen MR) is 98.6 cm³/mol. The molecule has 0 saturated heterocycles. The molecule has 6 nitrogen and oxygen atoms in total. The van der Waals surface area contributed by atoms with Crippen molar-refractivity contribution in [2.75, 3.05) is 20.3 Å². The van der Waals surface area contributed by atoms with E-state index in [0.717, 1.165) is 19.3 Å². The van der Waals surface area contributed by atoms with E-state index >= 15 is 0 Å². The second-order valence-electron chi connectivity index (χ2n) is 7.17. The number of carbonyl (C=O) groups excluding carboxylic acids is 2. The number of hydrogen-bond donors (Lipinski definition) is 1. The normalized spacial score (nSPS) is 14.7. The van der Waals surface area contributed by atoms with Crippen LogP contribution < -0.4 is 14.8 Å². The van der Waals surface area contributed by atoms with Crippen molar-refractivity contribution < 1.29 is 23.8 Å². The van der Waals surface area contributed by atoms with Gasteiger partial charge >= 0.3 is 5.97 Å². The molecule has 0 radical (unpaired) electrons. The molecule has 0 aliphatic heterocycles. The Labute approximate surface area is 155 Å². The van der Waals surface area contributed by atoms with E-state index in [4.69, 9.17) is 14.2 Å². The first-order valence-corrected chi connectivity index (χ1v) is 9.18. The maximum atomic E-state index is 12.2. The first-order chi connectivity index (χ1) is 12.4. The van der Waals surface area contributed by atoms with Crippen molar-refractivity contribution in [1.82, 2.24) is 5.32 Å². The molecule has 2 rings (SSSR count). The van der Waals surface area contributed by atoms with E-state index in [1.807, 2.05) is 6.92 Å². The third-order valence-electron chi connectivity index (χ3n) is 4.40. The van der Waals surface area contributed by atoms with Crippen LogP contribution in [0, 0.1) is 11.8 Å². The van der Waals surface area contributed by atoms with Gasteiger partial charge in [-0.1, -0.05) is 13.8 Å². The van der Waals surface area contributed by atoms with Gasteiger partial charge < -0.3 is 19.5 Å². The molecule has 1 amide bonds. The lowest BCUT2D eigenvalue weighted by atomic mass is 10.1. The third-order valence-corrected chi connectivity index (χ3v) is 4.40. The van der Waals surface area contributed by atoms with E-state index in [-0.39, 0.29) is 18.6 Å². The van der Waals surface area contributed by atoms with Crippen LogP contribution in [-0.2, 0) is 9.53 Å². The van der Waals surface area contributed by atoms with Gasteiger partial charge in [-0.05, 0) is 56.2 Å². The van der Waals surface area contributed by atoms with E-state index in [0.29, 0.717) is 35.5 Å². The summed E-state index contributed by atoms with van der Waals surface area (Å²) in [4.78, 5) is 24.0. The lowest BCUT2D eigenvalue weighted by Gasteiger charge is -2.14. The molecule has 1 fully saturated rings. The fraction of sp³-hybridized carbons (Fsp3) is 0.600. The van der Waals surface area contributed by atoms with Crippen LogP contribution in [0.1, 0.15) is 50.4 Å². The molecular weight excluding hydrogens is 334 g/mol. The highest BCUT2D eigenvalue weighted by atomic mass is 16.5. The fourth-order valence-corrected chi connectivity index (χ4v) is 2.54. The summed E-state index contributed by atoms with van der Waals surface area (Å²) in [5.74, 6) is 1.31. The van der Waals surface area contributed by atoms with Crippen molar-refractivity contribution in [2.45, 2.75) is 46.1 Å². The maximum absolute atomic E-state index is 12.2. The average Bonchev–Trinajstić information content (AvgIpc) is 3.44. The Kier molecular flexibility index (Phi) is 7.30. The smallest absolute Gasteiger partial charge is 0.338 e. The largest absolute Gasteiger partial charge is 0.493 e. The summed E-state index contributed by atoms with van der Waals surface area (Å²) in [6.07, 6.45) is 3.22. The van der Waals surface area contributed by atoms with Gasteiger partial charge in [0.15, 0.2) is 18.1 Å². The third kappa shape index (κ3) is 6.24. The van der Waals surface area contributed by atoms with Crippen LogP contribution in [0.5, 0.6) is 11.5 Å². The molecule has 1 aromatic rings. The minimum atomic E-state index is -0.564. The Morgan fingerprint density at radius 2 is 1.92 bits per heavy atom. The minimum absolute atomic E-state index is 0.128. The van der Waals surface area contributed by atoms with Gasteiger partial charge in [0.2, 0.25) is 0 Å². The molecule has 0 heterocycles. The maximum Gasteiger partial charge on any atom is 0.338 e. The first kappa shape index (κ1) is 20.1. The summed E-state index contributed by atoms with van der Waals surface area (Å²) < 4.78 is 16.1. The molecule has 0 aromatic heterocycles. The predicted octanol–water partition coefficient (Wildman–Crippen LogP) is 3.19. The van der Waals surface area contributed by atoms with Crippen LogP contribution in [0.15, 0.2) is 18.2 Å². The molecule has 26 heavy (non-hydrogen) atoms. The van der Waals surface area contributed by atoms with Crippen LogP contribution >= 0.6 is 0 Å². The number of esters is 1. The zero-order valence-electron chi connectivity index (χ0n) is 16.0.